The predicted octanol–water partition coefficient (Wildman–Crippen LogP) is 3.29. The van der Waals surface area contributed by atoms with Crippen LogP contribution in [0, 0.1) is 5.92 Å². The second-order valence-corrected chi connectivity index (χ2v) is 7.38. The van der Waals surface area contributed by atoms with Gasteiger partial charge in [0, 0.05) is 18.4 Å². The minimum Gasteiger partial charge on any atom is -0.448 e. The lowest BCUT2D eigenvalue weighted by atomic mass is 9.91. The predicted molar refractivity (Wildman–Crippen MR) is 108 cm³/mol. The first kappa shape index (κ1) is 18.7. The number of hydrazine groups is 1. The summed E-state index contributed by atoms with van der Waals surface area (Å²) in [5.74, 6) is 0.604. The molecule has 2 aliphatic heterocycles. The fourth-order valence-electron chi connectivity index (χ4n) is 3.81. The number of ether oxygens (including phenoxy) is 1. The largest absolute Gasteiger partial charge is 0.448 e. The molecule has 4 unspecified atom stereocenters. The molecule has 2 aliphatic rings. The van der Waals surface area contributed by atoms with Crippen LogP contribution in [0.3, 0.4) is 0 Å². The van der Waals surface area contributed by atoms with E-state index in [1.807, 2.05) is 30.3 Å². The molecular weight excluding hydrogens is 352 g/mol. The molecule has 2 aromatic carbocycles. The molecule has 6 nitrogen and oxygen atoms in total. The summed E-state index contributed by atoms with van der Waals surface area (Å²) >= 11 is 0. The van der Waals surface area contributed by atoms with Crippen LogP contribution in [0.15, 0.2) is 59.7 Å². The van der Waals surface area contributed by atoms with Gasteiger partial charge in [0.05, 0.1) is 6.04 Å². The van der Waals surface area contributed by atoms with Gasteiger partial charge in [-0.25, -0.2) is 10.9 Å². The van der Waals surface area contributed by atoms with Crippen molar-refractivity contribution in [1.82, 2.24) is 15.9 Å². The van der Waals surface area contributed by atoms with Gasteiger partial charge in [0.15, 0.2) is 0 Å². The Morgan fingerprint density at radius 1 is 1.04 bits per heavy atom. The van der Waals surface area contributed by atoms with Crippen molar-refractivity contribution >= 4 is 11.8 Å². The molecular formula is C22H26N4O2. The lowest BCUT2D eigenvalue weighted by Gasteiger charge is -2.21. The number of nitrogens with zero attached hydrogens (tertiary/aromatic N) is 2. The number of hydrogen-bond donors (Lipinski definition) is 2. The van der Waals surface area contributed by atoms with Gasteiger partial charge < -0.3 is 4.74 Å². The molecule has 0 aromatic heterocycles. The molecule has 0 spiro atoms. The van der Waals surface area contributed by atoms with E-state index >= 15 is 0 Å². The summed E-state index contributed by atoms with van der Waals surface area (Å²) in [6, 6.07) is 18.5. The Hall–Kier alpha value is -2.70. The maximum absolute atomic E-state index is 12.2. The van der Waals surface area contributed by atoms with E-state index in [1.165, 1.54) is 23.1 Å². The number of rotatable bonds is 4. The summed E-state index contributed by atoms with van der Waals surface area (Å²) in [7, 11) is 0. The molecule has 6 heteroatoms. The van der Waals surface area contributed by atoms with Crippen LogP contribution in [-0.2, 0) is 16.0 Å². The molecule has 4 atom stereocenters. The summed E-state index contributed by atoms with van der Waals surface area (Å²) in [4.78, 5) is 12.2. The summed E-state index contributed by atoms with van der Waals surface area (Å²) in [6.45, 7) is 5.79. The maximum Gasteiger partial charge on any atom is 0.243 e. The van der Waals surface area contributed by atoms with Crippen molar-refractivity contribution in [3.8, 4) is 0 Å². The molecule has 0 saturated carbocycles. The molecule has 28 heavy (non-hydrogen) atoms. The van der Waals surface area contributed by atoms with Crippen molar-refractivity contribution in [2.24, 2.45) is 11.0 Å². The fourth-order valence-corrected chi connectivity index (χ4v) is 3.81. The second-order valence-electron chi connectivity index (χ2n) is 7.38. The van der Waals surface area contributed by atoms with Gasteiger partial charge in [0.25, 0.3) is 0 Å². The molecule has 0 bridgehead atoms. The minimum absolute atomic E-state index is 0.119. The van der Waals surface area contributed by atoms with E-state index in [0.717, 1.165) is 12.0 Å². The van der Waals surface area contributed by atoms with Crippen molar-refractivity contribution in [3.63, 3.8) is 0 Å². The normalized spacial score (nSPS) is 26.8. The quantitative estimate of drug-likeness (QED) is 0.857. The van der Waals surface area contributed by atoms with Gasteiger partial charge in [-0.15, -0.1) is 5.10 Å². The van der Waals surface area contributed by atoms with E-state index in [-0.39, 0.29) is 23.9 Å². The van der Waals surface area contributed by atoms with Crippen LogP contribution in [0.1, 0.15) is 49.7 Å². The smallest absolute Gasteiger partial charge is 0.243 e. The Kier molecular flexibility index (Phi) is 5.15. The number of nitrogens with one attached hydrogen (secondary N) is 2. The summed E-state index contributed by atoms with van der Waals surface area (Å²) in [5, 5.41) is 5.96. The maximum atomic E-state index is 12.2. The van der Waals surface area contributed by atoms with Crippen LogP contribution in [0.2, 0.25) is 0 Å². The van der Waals surface area contributed by atoms with Crippen LogP contribution >= 0.6 is 0 Å². The van der Waals surface area contributed by atoms with E-state index in [9.17, 15) is 4.79 Å². The zero-order valence-corrected chi connectivity index (χ0v) is 16.4. The SMILES string of the molecule is CCc1ccc(C2OC(C3NNC(c4ccccc4)C3C)=NN2C(C)=O)cc1. The standard InChI is InChI=1S/C22H26N4O2/c1-4-16-10-12-18(13-11-16)22-26(15(3)27)25-21(28-22)20-14(2)19(23-24-20)17-8-6-5-7-9-17/h5-14,19-20,22-24H,4H2,1-3H3. The Bertz CT molecular complexity index is 866. The van der Waals surface area contributed by atoms with Gasteiger partial charge in [0.2, 0.25) is 18.0 Å². The molecule has 2 N–H and O–H groups in total. The molecule has 146 valence electrons. The zero-order chi connectivity index (χ0) is 19.7. The molecule has 0 radical (unpaired) electrons. The van der Waals surface area contributed by atoms with Crippen molar-refractivity contribution in [3.05, 3.63) is 71.3 Å². The van der Waals surface area contributed by atoms with E-state index in [2.05, 4.69) is 54.1 Å². The van der Waals surface area contributed by atoms with Gasteiger partial charge in [-0.1, -0.05) is 68.4 Å². The van der Waals surface area contributed by atoms with E-state index in [1.54, 1.807) is 0 Å². The third-order valence-corrected chi connectivity index (χ3v) is 5.53. The van der Waals surface area contributed by atoms with Crippen molar-refractivity contribution < 1.29 is 9.53 Å². The number of carbonyl (C=O) groups is 1. The van der Waals surface area contributed by atoms with Crippen molar-refractivity contribution in [2.45, 2.75) is 45.5 Å². The lowest BCUT2D eigenvalue weighted by Crippen LogP contribution is -2.38. The van der Waals surface area contributed by atoms with Crippen LogP contribution in [0.25, 0.3) is 0 Å². The van der Waals surface area contributed by atoms with E-state index in [0.29, 0.717) is 5.90 Å². The first-order valence-electron chi connectivity index (χ1n) is 9.78. The number of hydrazone groups is 1. The molecule has 4 rings (SSSR count). The average Bonchev–Trinajstić information content (AvgIpc) is 3.32. The van der Waals surface area contributed by atoms with Crippen LogP contribution in [-0.4, -0.2) is 22.9 Å². The highest BCUT2D eigenvalue weighted by Gasteiger charge is 2.43. The zero-order valence-electron chi connectivity index (χ0n) is 16.4. The average molecular weight is 378 g/mol. The molecule has 1 amide bonds. The third kappa shape index (κ3) is 3.41. The topological polar surface area (TPSA) is 66.0 Å². The lowest BCUT2D eigenvalue weighted by molar-refractivity contribution is -0.135. The summed E-state index contributed by atoms with van der Waals surface area (Å²) in [5.41, 5.74) is 10.0. The van der Waals surface area contributed by atoms with Gasteiger partial charge in [0.1, 0.15) is 6.04 Å². The van der Waals surface area contributed by atoms with Gasteiger partial charge in [-0.2, -0.15) is 5.01 Å². The molecule has 2 heterocycles. The highest BCUT2D eigenvalue weighted by Crippen LogP contribution is 2.34. The number of carbonyl (C=O) groups excluding carboxylic acids is 1. The molecule has 1 saturated heterocycles. The number of hydrogen-bond acceptors (Lipinski definition) is 5. The second kappa shape index (κ2) is 7.73. The van der Waals surface area contributed by atoms with E-state index < -0.39 is 6.23 Å². The fraction of sp³-hybridized carbons (Fsp3) is 0.364. The number of aryl methyl sites for hydroxylation is 1. The monoisotopic (exact) mass is 378 g/mol. The Morgan fingerprint density at radius 2 is 1.71 bits per heavy atom. The van der Waals surface area contributed by atoms with Gasteiger partial charge in [-0.3, -0.25) is 4.79 Å². The molecule has 1 fully saturated rings. The highest BCUT2D eigenvalue weighted by molar-refractivity contribution is 5.87. The first-order chi connectivity index (χ1) is 13.6. The van der Waals surface area contributed by atoms with Crippen molar-refractivity contribution in [1.29, 1.82) is 0 Å². The summed E-state index contributed by atoms with van der Waals surface area (Å²) < 4.78 is 6.19. The van der Waals surface area contributed by atoms with Crippen LogP contribution in [0.4, 0.5) is 0 Å². The van der Waals surface area contributed by atoms with Gasteiger partial charge in [-0.05, 0) is 17.5 Å². The van der Waals surface area contributed by atoms with E-state index in [4.69, 9.17) is 4.74 Å². The molecule has 2 aromatic rings. The highest BCUT2D eigenvalue weighted by atomic mass is 16.5. The minimum atomic E-state index is -0.525. The van der Waals surface area contributed by atoms with Crippen LogP contribution < -0.4 is 10.9 Å². The summed E-state index contributed by atoms with van der Waals surface area (Å²) in [6.07, 6.45) is 0.447. The Labute approximate surface area is 165 Å². The number of benzene rings is 2. The van der Waals surface area contributed by atoms with Crippen molar-refractivity contribution in [2.75, 3.05) is 0 Å². The van der Waals surface area contributed by atoms with Gasteiger partial charge >= 0.3 is 0 Å². The third-order valence-electron chi connectivity index (χ3n) is 5.53. The Balaban J connectivity index is 1.55. The molecule has 0 aliphatic carbocycles. The number of amides is 1. The first-order valence-corrected chi connectivity index (χ1v) is 9.78. The Morgan fingerprint density at radius 3 is 2.36 bits per heavy atom. The van der Waals surface area contributed by atoms with Crippen LogP contribution in [0.5, 0.6) is 0 Å².